The molecule has 2 heterocycles. The number of ether oxygens (including phenoxy) is 2. The highest BCUT2D eigenvalue weighted by molar-refractivity contribution is 7.90. The highest BCUT2D eigenvalue weighted by Crippen LogP contribution is 2.43. The number of nitrogens with one attached hydrogen (secondary N) is 3. The van der Waals surface area contributed by atoms with Gasteiger partial charge < -0.3 is 25.0 Å². The predicted octanol–water partition coefficient (Wildman–Crippen LogP) is 9.63. The highest BCUT2D eigenvalue weighted by atomic mass is 35.5. The van der Waals surface area contributed by atoms with E-state index in [1.807, 2.05) is 12.1 Å². The van der Waals surface area contributed by atoms with Gasteiger partial charge >= 0.3 is 0 Å². The van der Waals surface area contributed by atoms with Crippen LogP contribution in [0.1, 0.15) is 74.7 Å². The molecule has 1 aromatic heterocycles. The van der Waals surface area contributed by atoms with Crippen molar-refractivity contribution < 1.29 is 36.4 Å². The lowest BCUT2D eigenvalue weighted by molar-refractivity contribution is -0.384. The SMILES string of the molecule is COC1CCC(CNc2ccc(S(=O)(=O)NC(=O)c3ccc(N4CCN(CC5=C(c6ccc(Cl)cc6)CC(C)(C)CC5)CC4)cc3Oc3ccc(NCC(F)F)nc3)cc2[N+](=O)[O-])CC1. The summed E-state index contributed by atoms with van der Waals surface area (Å²) >= 11 is 6.23. The third kappa shape index (κ3) is 12.5. The number of piperazine rings is 1. The number of nitro benzene ring substituents is 1. The molecule has 18 heteroatoms. The van der Waals surface area contributed by atoms with Crippen LogP contribution in [0.5, 0.6) is 11.5 Å². The number of allylic oxidation sites excluding steroid dienone is 1. The first kappa shape index (κ1) is 47.6. The van der Waals surface area contributed by atoms with Crippen molar-refractivity contribution in [2.75, 3.05) is 68.5 Å². The quantitative estimate of drug-likeness (QED) is 0.0679. The van der Waals surface area contributed by atoms with Gasteiger partial charge in [-0.05, 0) is 116 Å². The molecule has 14 nitrogen and oxygen atoms in total. The van der Waals surface area contributed by atoms with Crippen LogP contribution in [-0.4, -0.2) is 94.6 Å². The molecule has 0 bridgehead atoms. The molecule has 1 amide bonds. The summed E-state index contributed by atoms with van der Waals surface area (Å²) in [7, 11) is -2.93. The zero-order valence-electron chi connectivity index (χ0n) is 36.8. The van der Waals surface area contributed by atoms with E-state index in [0.717, 1.165) is 76.3 Å². The number of pyridine rings is 1. The van der Waals surface area contributed by atoms with Gasteiger partial charge in [0.1, 0.15) is 23.0 Å². The Kier molecular flexibility index (Phi) is 15.3. The first-order valence-corrected chi connectivity index (χ1v) is 23.8. The summed E-state index contributed by atoms with van der Waals surface area (Å²) in [5.74, 6) is -0.390. The molecule has 0 atom stereocenters. The Labute approximate surface area is 383 Å². The van der Waals surface area contributed by atoms with Gasteiger partial charge in [-0.15, -0.1) is 0 Å². The number of hydrogen-bond donors (Lipinski definition) is 3. The molecule has 65 heavy (non-hydrogen) atoms. The molecule has 2 fully saturated rings. The number of rotatable bonds is 17. The molecule has 3 aromatic carbocycles. The van der Waals surface area contributed by atoms with Gasteiger partial charge in [-0.25, -0.2) is 26.9 Å². The van der Waals surface area contributed by atoms with E-state index in [9.17, 15) is 32.1 Å². The van der Waals surface area contributed by atoms with Gasteiger partial charge in [0.25, 0.3) is 28.0 Å². The number of methoxy groups -OCH3 is 1. The van der Waals surface area contributed by atoms with Crippen molar-refractivity contribution in [2.45, 2.75) is 76.2 Å². The van der Waals surface area contributed by atoms with Crippen molar-refractivity contribution >= 4 is 56.0 Å². The lowest BCUT2D eigenvalue weighted by atomic mass is 9.72. The fourth-order valence-electron chi connectivity index (χ4n) is 8.77. The van der Waals surface area contributed by atoms with E-state index < -0.39 is 44.4 Å². The van der Waals surface area contributed by atoms with E-state index in [-0.39, 0.29) is 46.0 Å². The smallest absolute Gasteiger partial charge is 0.293 e. The Bertz CT molecular complexity index is 2460. The zero-order chi connectivity index (χ0) is 46.3. The molecule has 0 radical (unpaired) electrons. The van der Waals surface area contributed by atoms with Gasteiger partial charge in [0, 0.05) is 69.2 Å². The van der Waals surface area contributed by atoms with Gasteiger partial charge in [-0.1, -0.05) is 43.2 Å². The lowest BCUT2D eigenvalue weighted by Gasteiger charge is -2.39. The Morgan fingerprint density at radius 2 is 1.72 bits per heavy atom. The number of halogens is 3. The number of benzene rings is 3. The fourth-order valence-corrected chi connectivity index (χ4v) is 9.88. The van der Waals surface area contributed by atoms with E-state index in [2.05, 4.69) is 56.1 Å². The molecule has 2 aliphatic carbocycles. The number of carbonyl (C=O) groups excluding carboxylic acids is 1. The van der Waals surface area contributed by atoms with Gasteiger partial charge in [0.05, 0.1) is 34.2 Å². The van der Waals surface area contributed by atoms with Crippen LogP contribution in [0.3, 0.4) is 0 Å². The maximum atomic E-state index is 13.9. The lowest BCUT2D eigenvalue weighted by Crippen LogP contribution is -2.47. The second-order valence-corrected chi connectivity index (χ2v) is 19.9. The average molecular weight is 937 g/mol. The van der Waals surface area contributed by atoms with Crippen LogP contribution in [0, 0.1) is 21.4 Å². The minimum Gasteiger partial charge on any atom is -0.455 e. The summed E-state index contributed by atoms with van der Waals surface area (Å²) in [6.45, 7) is 8.21. The number of alkyl halides is 2. The number of nitro groups is 1. The number of sulfonamides is 1. The Hall–Kier alpha value is -5.36. The average Bonchev–Trinajstić information content (AvgIpc) is 3.29. The molecule has 0 spiro atoms. The van der Waals surface area contributed by atoms with Crippen LogP contribution in [0.4, 0.5) is 31.7 Å². The number of aromatic nitrogens is 1. The van der Waals surface area contributed by atoms with Gasteiger partial charge in [-0.2, -0.15) is 0 Å². The molecular weight excluding hydrogens is 880 g/mol. The number of hydrogen-bond acceptors (Lipinski definition) is 12. The van der Waals surface area contributed by atoms with Crippen molar-refractivity contribution in [1.82, 2.24) is 14.6 Å². The van der Waals surface area contributed by atoms with E-state index >= 15 is 0 Å². The standard InChI is InChI=1S/C47H56ClF2N7O7S/c1-47(2)19-18-33(40(26-47)32-6-8-34(48)9-7-32)30-55-20-22-56(23-21-55)35-10-15-39(43(24-35)64-37-13-17-45(52-28-37)53-29-44(49)50)46(58)54-65(61,62)38-14-16-41(42(25-38)57(59)60)51-27-31-4-11-36(63-3)12-5-31/h6-10,13-17,24-25,28,31,36,44,51H,4-5,11-12,18-23,26-27,29-30H2,1-3H3,(H,52,53)(H,54,58). The third-order valence-corrected chi connectivity index (χ3v) is 14.1. The predicted molar refractivity (Wildman–Crippen MR) is 249 cm³/mol. The largest absolute Gasteiger partial charge is 0.455 e. The fraction of sp³-hybridized carbons (Fsp3) is 0.447. The minimum absolute atomic E-state index is 0.0142. The number of carbonyl (C=O) groups is 1. The summed E-state index contributed by atoms with van der Waals surface area (Å²) < 4.78 is 66.7. The first-order chi connectivity index (χ1) is 31.1. The maximum absolute atomic E-state index is 13.9. The van der Waals surface area contributed by atoms with E-state index in [4.69, 9.17) is 21.1 Å². The van der Waals surface area contributed by atoms with E-state index in [1.54, 1.807) is 19.2 Å². The van der Waals surface area contributed by atoms with Crippen LogP contribution in [0.2, 0.25) is 5.02 Å². The highest BCUT2D eigenvalue weighted by Gasteiger charge is 2.31. The normalized spacial score (nSPS) is 19.2. The van der Waals surface area contributed by atoms with Crippen molar-refractivity contribution in [3.63, 3.8) is 0 Å². The summed E-state index contributed by atoms with van der Waals surface area (Å²) in [4.78, 5) is 33.7. The molecule has 1 saturated carbocycles. The van der Waals surface area contributed by atoms with Crippen molar-refractivity contribution in [3.05, 3.63) is 111 Å². The van der Waals surface area contributed by atoms with Gasteiger partial charge in [-0.3, -0.25) is 19.8 Å². The van der Waals surface area contributed by atoms with Crippen LogP contribution >= 0.6 is 11.6 Å². The molecule has 0 unspecified atom stereocenters. The summed E-state index contributed by atoms with van der Waals surface area (Å²) in [6.07, 6.45) is 5.60. The second kappa shape index (κ2) is 20.9. The summed E-state index contributed by atoms with van der Waals surface area (Å²) in [5.41, 5.74) is 4.53. The Morgan fingerprint density at radius 1 is 0.985 bits per heavy atom. The minimum atomic E-state index is -4.62. The molecule has 348 valence electrons. The third-order valence-electron chi connectivity index (χ3n) is 12.6. The second-order valence-electron chi connectivity index (χ2n) is 17.8. The zero-order valence-corrected chi connectivity index (χ0v) is 38.4. The van der Waals surface area contributed by atoms with Gasteiger partial charge in [0.2, 0.25) is 0 Å². The number of amides is 1. The van der Waals surface area contributed by atoms with E-state index in [1.165, 1.54) is 53.2 Å². The van der Waals surface area contributed by atoms with Crippen LogP contribution in [0.25, 0.3) is 5.57 Å². The van der Waals surface area contributed by atoms with E-state index in [0.29, 0.717) is 24.7 Å². The molecule has 3 aliphatic rings. The molecule has 3 N–H and O–H groups in total. The van der Waals surface area contributed by atoms with Crippen molar-refractivity contribution in [1.29, 1.82) is 0 Å². The molecule has 1 saturated heterocycles. The van der Waals surface area contributed by atoms with Gasteiger partial charge in [0.15, 0.2) is 0 Å². The Morgan fingerprint density at radius 3 is 2.38 bits per heavy atom. The first-order valence-electron chi connectivity index (χ1n) is 21.9. The summed E-state index contributed by atoms with van der Waals surface area (Å²) in [5, 5.41) is 18.5. The summed E-state index contributed by atoms with van der Waals surface area (Å²) in [6, 6.07) is 19.3. The molecular formula is C47H56ClF2N7O7S. The number of nitrogens with zero attached hydrogens (tertiary/aromatic N) is 4. The monoisotopic (exact) mass is 935 g/mol. The Balaban J connectivity index is 1.08. The van der Waals surface area contributed by atoms with Crippen molar-refractivity contribution in [3.8, 4) is 11.5 Å². The number of anilines is 3. The van der Waals surface area contributed by atoms with Crippen LogP contribution in [0.15, 0.2) is 89.5 Å². The molecule has 4 aromatic rings. The topological polar surface area (TPSA) is 168 Å². The maximum Gasteiger partial charge on any atom is 0.293 e. The molecule has 1 aliphatic heterocycles. The molecule has 7 rings (SSSR count). The van der Waals surface area contributed by atoms with Crippen molar-refractivity contribution in [2.24, 2.45) is 11.3 Å². The van der Waals surface area contributed by atoms with Crippen LogP contribution in [-0.2, 0) is 14.8 Å². The van der Waals surface area contributed by atoms with Crippen LogP contribution < -0.4 is 25.0 Å².